The van der Waals surface area contributed by atoms with E-state index in [1.807, 2.05) is 6.92 Å². The van der Waals surface area contributed by atoms with Gasteiger partial charge in [-0.15, -0.1) is 11.3 Å². The SMILES string of the molecule is CCC(OC(C)S(=O)(=O)C(C)C)c1nc(-c2cc3c(Nc4ccc(OCc5cccc(F)c5)c(Cl)c4)ncnc3cc2F)cs1. The van der Waals surface area contributed by atoms with E-state index in [2.05, 4.69) is 20.3 Å². The van der Waals surface area contributed by atoms with Crippen molar-refractivity contribution in [3.05, 3.63) is 93.5 Å². The van der Waals surface area contributed by atoms with Gasteiger partial charge in [-0.05, 0) is 69.2 Å². The fourth-order valence-corrected chi connectivity index (χ4v) is 6.80. The first-order chi connectivity index (χ1) is 21.5. The fraction of sp³-hybridized carbons (Fsp3) is 0.281. The monoisotopic (exact) mass is 672 g/mol. The number of hydrogen-bond donors (Lipinski definition) is 1. The van der Waals surface area contributed by atoms with E-state index in [4.69, 9.17) is 21.1 Å². The van der Waals surface area contributed by atoms with Gasteiger partial charge in [0.05, 0.1) is 21.5 Å². The average molecular weight is 673 g/mol. The molecule has 13 heteroatoms. The first kappa shape index (κ1) is 32.7. The molecule has 236 valence electrons. The molecule has 0 saturated carbocycles. The lowest BCUT2D eigenvalue weighted by Gasteiger charge is -2.21. The largest absolute Gasteiger partial charge is 0.487 e. The molecule has 0 amide bonds. The van der Waals surface area contributed by atoms with Gasteiger partial charge in [0.2, 0.25) is 0 Å². The van der Waals surface area contributed by atoms with Crippen LogP contribution in [0.5, 0.6) is 5.75 Å². The molecule has 2 heterocycles. The van der Waals surface area contributed by atoms with E-state index in [0.29, 0.717) is 55.9 Å². The molecule has 45 heavy (non-hydrogen) atoms. The van der Waals surface area contributed by atoms with Gasteiger partial charge < -0.3 is 14.8 Å². The van der Waals surface area contributed by atoms with Gasteiger partial charge in [0.1, 0.15) is 47.2 Å². The standard InChI is InChI=1S/C32H31ClF2N4O4S2/c1-5-29(43-19(4)45(40,41)18(2)3)32-39-28(16-44-32)23-13-24-27(14-26(23)35)36-17-37-31(24)38-22-9-10-30(25(33)12-22)42-15-20-7-6-8-21(34)11-20/h6-14,16-19,29H,5,15H2,1-4H3,(H,36,37,38). The summed E-state index contributed by atoms with van der Waals surface area (Å²) in [6, 6.07) is 14.2. The molecule has 2 aromatic heterocycles. The molecule has 0 radical (unpaired) electrons. The van der Waals surface area contributed by atoms with E-state index < -0.39 is 32.4 Å². The molecule has 0 fully saturated rings. The van der Waals surface area contributed by atoms with Crippen molar-refractivity contribution >= 4 is 55.2 Å². The number of halogens is 3. The Bertz CT molecular complexity index is 1940. The molecule has 5 aromatic rings. The highest BCUT2D eigenvalue weighted by molar-refractivity contribution is 7.92. The molecule has 2 atom stereocenters. The van der Waals surface area contributed by atoms with Gasteiger partial charge in [-0.3, -0.25) is 0 Å². The Morgan fingerprint density at radius 3 is 2.56 bits per heavy atom. The molecule has 0 spiro atoms. The molecular weight excluding hydrogens is 642 g/mol. The van der Waals surface area contributed by atoms with Crippen molar-refractivity contribution in [1.82, 2.24) is 15.0 Å². The second-order valence-corrected chi connectivity index (χ2v) is 14.7. The summed E-state index contributed by atoms with van der Waals surface area (Å²) in [6.45, 7) is 6.77. The zero-order chi connectivity index (χ0) is 32.3. The number of thiazole rings is 1. The average Bonchev–Trinajstić information content (AvgIpc) is 3.49. The van der Waals surface area contributed by atoms with E-state index in [1.165, 1.54) is 42.8 Å². The minimum absolute atomic E-state index is 0.147. The predicted molar refractivity (Wildman–Crippen MR) is 174 cm³/mol. The Balaban J connectivity index is 1.37. The number of ether oxygens (including phenoxy) is 2. The molecule has 8 nitrogen and oxygen atoms in total. The van der Waals surface area contributed by atoms with Crippen LogP contribution in [0.25, 0.3) is 22.2 Å². The smallest absolute Gasteiger partial charge is 0.179 e. The second-order valence-electron chi connectivity index (χ2n) is 10.6. The summed E-state index contributed by atoms with van der Waals surface area (Å²) in [5.74, 6) is -0.0193. The summed E-state index contributed by atoms with van der Waals surface area (Å²) in [5, 5.41) is 5.78. The highest BCUT2D eigenvalue weighted by atomic mass is 35.5. The molecule has 2 unspecified atom stereocenters. The maximum absolute atomic E-state index is 15.3. The molecule has 0 aliphatic rings. The first-order valence-electron chi connectivity index (χ1n) is 14.2. The number of anilines is 2. The number of fused-ring (bicyclic) bond motifs is 1. The van der Waals surface area contributed by atoms with Gasteiger partial charge in [0.25, 0.3) is 0 Å². The number of hydrogen-bond acceptors (Lipinski definition) is 9. The number of nitrogens with one attached hydrogen (secondary N) is 1. The molecule has 5 rings (SSSR count). The third-order valence-corrected chi connectivity index (χ3v) is 10.7. The second kappa shape index (κ2) is 13.7. The Hall–Kier alpha value is -3.71. The summed E-state index contributed by atoms with van der Waals surface area (Å²) in [7, 11) is -3.47. The van der Waals surface area contributed by atoms with Crippen LogP contribution in [0.4, 0.5) is 20.3 Å². The number of rotatable bonds is 12. The minimum Gasteiger partial charge on any atom is -0.487 e. The van der Waals surface area contributed by atoms with Gasteiger partial charge in [0, 0.05) is 28.1 Å². The van der Waals surface area contributed by atoms with Crippen LogP contribution in [0, 0.1) is 11.6 Å². The summed E-state index contributed by atoms with van der Waals surface area (Å²) in [6.07, 6.45) is 1.25. The maximum atomic E-state index is 15.3. The third-order valence-electron chi connectivity index (χ3n) is 7.12. The van der Waals surface area contributed by atoms with Crippen molar-refractivity contribution < 1.29 is 26.7 Å². The lowest BCUT2D eigenvalue weighted by atomic mass is 10.1. The van der Waals surface area contributed by atoms with Crippen LogP contribution in [0.1, 0.15) is 50.8 Å². The summed E-state index contributed by atoms with van der Waals surface area (Å²) in [5.41, 5.74) is 1.26. The van der Waals surface area contributed by atoms with E-state index in [-0.39, 0.29) is 18.0 Å². The Labute approximate surface area is 269 Å². The van der Waals surface area contributed by atoms with Crippen molar-refractivity contribution in [1.29, 1.82) is 0 Å². The quantitative estimate of drug-likeness (QED) is 0.140. The van der Waals surface area contributed by atoms with Crippen LogP contribution in [0.2, 0.25) is 5.02 Å². The Kier molecular flexibility index (Phi) is 9.97. The minimum atomic E-state index is -3.47. The van der Waals surface area contributed by atoms with Crippen LogP contribution >= 0.6 is 22.9 Å². The number of benzene rings is 3. The summed E-state index contributed by atoms with van der Waals surface area (Å²) < 4.78 is 65.6. The van der Waals surface area contributed by atoms with Gasteiger partial charge in [-0.25, -0.2) is 32.2 Å². The molecular formula is C32H31ClF2N4O4S2. The van der Waals surface area contributed by atoms with Crippen molar-refractivity contribution in [2.75, 3.05) is 5.32 Å². The fourth-order valence-electron chi connectivity index (χ4n) is 4.57. The number of aromatic nitrogens is 3. The van der Waals surface area contributed by atoms with Crippen molar-refractivity contribution in [2.24, 2.45) is 0 Å². The molecule has 0 aliphatic heterocycles. The molecule has 0 saturated heterocycles. The maximum Gasteiger partial charge on any atom is 0.179 e. The molecule has 1 N–H and O–H groups in total. The summed E-state index contributed by atoms with van der Waals surface area (Å²) >= 11 is 7.75. The van der Waals surface area contributed by atoms with Gasteiger partial charge in [0.15, 0.2) is 15.3 Å². The summed E-state index contributed by atoms with van der Waals surface area (Å²) in [4.78, 5) is 13.2. The van der Waals surface area contributed by atoms with Crippen LogP contribution < -0.4 is 10.1 Å². The lowest BCUT2D eigenvalue weighted by molar-refractivity contribution is 0.0349. The van der Waals surface area contributed by atoms with Crippen molar-refractivity contribution in [3.63, 3.8) is 0 Å². The lowest BCUT2D eigenvalue weighted by Crippen LogP contribution is -2.29. The molecule has 0 aliphatic carbocycles. The van der Waals surface area contributed by atoms with E-state index >= 15 is 4.39 Å². The highest BCUT2D eigenvalue weighted by Gasteiger charge is 2.29. The number of sulfone groups is 1. The topological polar surface area (TPSA) is 103 Å². The molecule has 3 aromatic carbocycles. The van der Waals surface area contributed by atoms with Crippen LogP contribution in [-0.4, -0.2) is 34.1 Å². The van der Waals surface area contributed by atoms with E-state index in [0.717, 1.165) is 0 Å². The van der Waals surface area contributed by atoms with Gasteiger partial charge in [-0.2, -0.15) is 0 Å². The van der Waals surface area contributed by atoms with Crippen molar-refractivity contribution in [2.45, 2.75) is 57.5 Å². The Morgan fingerprint density at radius 1 is 1.04 bits per heavy atom. The first-order valence-corrected chi connectivity index (χ1v) is 17.0. The number of nitrogens with zero attached hydrogens (tertiary/aromatic N) is 3. The van der Waals surface area contributed by atoms with Crippen LogP contribution in [-0.2, 0) is 21.2 Å². The van der Waals surface area contributed by atoms with Crippen molar-refractivity contribution in [3.8, 4) is 17.0 Å². The van der Waals surface area contributed by atoms with Crippen LogP contribution in [0.3, 0.4) is 0 Å². The van der Waals surface area contributed by atoms with Gasteiger partial charge >= 0.3 is 0 Å². The predicted octanol–water partition coefficient (Wildman–Crippen LogP) is 8.64. The normalized spacial score (nSPS) is 13.2. The van der Waals surface area contributed by atoms with E-state index in [1.54, 1.807) is 55.6 Å². The zero-order valence-electron chi connectivity index (χ0n) is 24.9. The third kappa shape index (κ3) is 7.41. The Morgan fingerprint density at radius 2 is 1.84 bits per heavy atom. The van der Waals surface area contributed by atoms with Crippen LogP contribution in [0.15, 0.2) is 66.3 Å². The van der Waals surface area contributed by atoms with E-state index in [9.17, 15) is 12.8 Å². The van der Waals surface area contributed by atoms with Gasteiger partial charge in [-0.1, -0.05) is 30.7 Å². The highest BCUT2D eigenvalue weighted by Crippen LogP contribution is 2.36. The zero-order valence-corrected chi connectivity index (χ0v) is 27.3. The molecule has 0 bridgehead atoms.